The van der Waals surface area contributed by atoms with Crippen LogP contribution in [0.5, 0.6) is 11.5 Å². The van der Waals surface area contributed by atoms with Gasteiger partial charge in [0.1, 0.15) is 18.1 Å². The number of halogens is 1. The van der Waals surface area contributed by atoms with Gasteiger partial charge in [0.25, 0.3) is 5.91 Å². The molecule has 3 aromatic rings. The van der Waals surface area contributed by atoms with Gasteiger partial charge < -0.3 is 18.9 Å². The van der Waals surface area contributed by atoms with Crippen LogP contribution < -0.4 is 9.47 Å². The molecule has 0 unspecified atom stereocenters. The SMILES string of the molecule is COc1ccc(CN2CCN(C(=O)c3noc(C)c3COc3ccccc3F)CC2)cc1. The summed E-state index contributed by atoms with van der Waals surface area (Å²) in [6.45, 7) is 5.25. The van der Waals surface area contributed by atoms with Crippen LogP contribution in [0.1, 0.15) is 27.4 Å². The van der Waals surface area contributed by atoms with Crippen molar-refractivity contribution in [2.75, 3.05) is 33.3 Å². The molecule has 0 spiro atoms. The molecule has 32 heavy (non-hydrogen) atoms. The molecule has 0 N–H and O–H groups in total. The Morgan fingerprint density at radius 1 is 1.09 bits per heavy atom. The maximum absolute atomic E-state index is 13.8. The summed E-state index contributed by atoms with van der Waals surface area (Å²) in [5.74, 6) is 0.795. The molecule has 0 aliphatic carbocycles. The van der Waals surface area contributed by atoms with Gasteiger partial charge in [0, 0.05) is 32.7 Å². The van der Waals surface area contributed by atoms with Crippen LogP contribution >= 0.6 is 0 Å². The molecule has 7 nitrogen and oxygen atoms in total. The zero-order chi connectivity index (χ0) is 22.5. The number of amides is 1. The van der Waals surface area contributed by atoms with Gasteiger partial charge in [-0.25, -0.2) is 4.39 Å². The topological polar surface area (TPSA) is 68.0 Å². The van der Waals surface area contributed by atoms with E-state index >= 15 is 0 Å². The van der Waals surface area contributed by atoms with Crippen LogP contribution in [-0.4, -0.2) is 54.2 Å². The number of hydrogen-bond donors (Lipinski definition) is 0. The lowest BCUT2D eigenvalue weighted by atomic mass is 10.1. The highest BCUT2D eigenvalue weighted by atomic mass is 19.1. The minimum atomic E-state index is -0.456. The van der Waals surface area contributed by atoms with Gasteiger partial charge in [-0.15, -0.1) is 0 Å². The second-order valence-corrected chi connectivity index (χ2v) is 7.70. The molecule has 1 saturated heterocycles. The molecular formula is C24H26FN3O4. The van der Waals surface area contributed by atoms with Crippen molar-refractivity contribution in [2.24, 2.45) is 0 Å². The molecule has 8 heteroatoms. The number of para-hydroxylation sites is 1. The molecule has 168 valence electrons. The Balaban J connectivity index is 1.35. The zero-order valence-corrected chi connectivity index (χ0v) is 18.2. The number of ether oxygens (including phenoxy) is 2. The summed E-state index contributed by atoms with van der Waals surface area (Å²) in [5.41, 5.74) is 1.96. The number of piperazine rings is 1. The van der Waals surface area contributed by atoms with Crippen LogP contribution in [0.3, 0.4) is 0 Å². The highest BCUT2D eigenvalue weighted by Gasteiger charge is 2.28. The van der Waals surface area contributed by atoms with Gasteiger partial charge in [0.15, 0.2) is 17.3 Å². The van der Waals surface area contributed by atoms with Crippen molar-refractivity contribution in [1.29, 1.82) is 0 Å². The van der Waals surface area contributed by atoms with Crippen molar-refractivity contribution in [2.45, 2.75) is 20.1 Å². The number of rotatable bonds is 7. The largest absolute Gasteiger partial charge is 0.497 e. The fourth-order valence-corrected chi connectivity index (χ4v) is 3.69. The Bertz CT molecular complexity index is 1060. The van der Waals surface area contributed by atoms with Crippen LogP contribution in [0.2, 0.25) is 0 Å². The summed E-state index contributed by atoms with van der Waals surface area (Å²) in [6.07, 6.45) is 0. The normalized spacial score (nSPS) is 14.4. The van der Waals surface area contributed by atoms with Gasteiger partial charge in [-0.2, -0.15) is 0 Å². The van der Waals surface area contributed by atoms with Crippen molar-refractivity contribution in [3.05, 3.63) is 76.9 Å². The number of aryl methyl sites for hydroxylation is 1. The molecule has 1 aromatic heterocycles. The molecule has 1 aliphatic rings. The lowest BCUT2D eigenvalue weighted by Crippen LogP contribution is -2.48. The molecule has 0 saturated carbocycles. The monoisotopic (exact) mass is 439 g/mol. The highest BCUT2D eigenvalue weighted by molar-refractivity contribution is 5.93. The minimum Gasteiger partial charge on any atom is -0.497 e. The second-order valence-electron chi connectivity index (χ2n) is 7.70. The number of carbonyl (C=O) groups excluding carboxylic acids is 1. The Morgan fingerprint density at radius 2 is 1.81 bits per heavy atom. The molecule has 1 aliphatic heterocycles. The molecule has 2 heterocycles. The van der Waals surface area contributed by atoms with E-state index < -0.39 is 5.82 Å². The van der Waals surface area contributed by atoms with Crippen molar-refractivity contribution < 1.29 is 23.2 Å². The first-order valence-corrected chi connectivity index (χ1v) is 10.5. The lowest BCUT2D eigenvalue weighted by molar-refractivity contribution is 0.0616. The van der Waals surface area contributed by atoms with Crippen molar-refractivity contribution in [3.8, 4) is 11.5 Å². The van der Waals surface area contributed by atoms with E-state index in [2.05, 4.69) is 22.2 Å². The second kappa shape index (κ2) is 9.82. The third-order valence-corrected chi connectivity index (χ3v) is 5.62. The van der Waals surface area contributed by atoms with E-state index in [0.29, 0.717) is 24.4 Å². The average molecular weight is 439 g/mol. The minimum absolute atomic E-state index is 0.00870. The van der Waals surface area contributed by atoms with E-state index in [4.69, 9.17) is 14.0 Å². The van der Waals surface area contributed by atoms with E-state index in [1.807, 2.05) is 12.1 Å². The zero-order valence-electron chi connectivity index (χ0n) is 18.2. The van der Waals surface area contributed by atoms with E-state index in [0.717, 1.165) is 25.4 Å². The summed E-state index contributed by atoms with van der Waals surface area (Å²) in [6, 6.07) is 14.2. The highest BCUT2D eigenvalue weighted by Crippen LogP contribution is 2.22. The number of hydrogen-bond acceptors (Lipinski definition) is 6. The molecule has 0 radical (unpaired) electrons. The lowest BCUT2D eigenvalue weighted by Gasteiger charge is -2.34. The van der Waals surface area contributed by atoms with Crippen molar-refractivity contribution in [1.82, 2.24) is 15.0 Å². The van der Waals surface area contributed by atoms with E-state index in [9.17, 15) is 9.18 Å². The predicted molar refractivity (Wildman–Crippen MR) is 116 cm³/mol. The van der Waals surface area contributed by atoms with Crippen molar-refractivity contribution in [3.63, 3.8) is 0 Å². The third kappa shape index (κ3) is 4.91. The van der Waals surface area contributed by atoms with E-state index in [-0.39, 0.29) is 24.0 Å². The van der Waals surface area contributed by atoms with Gasteiger partial charge >= 0.3 is 0 Å². The molecule has 2 aromatic carbocycles. The Labute approximate surface area is 186 Å². The fraction of sp³-hybridized carbons (Fsp3) is 0.333. The predicted octanol–water partition coefficient (Wildman–Crippen LogP) is 3.67. The quantitative estimate of drug-likeness (QED) is 0.560. The molecule has 1 amide bonds. The van der Waals surface area contributed by atoms with E-state index in [1.54, 1.807) is 37.1 Å². The maximum atomic E-state index is 13.8. The first-order chi connectivity index (χ1) is 15.5. The standard InChI is InChI=1S/C24H26FN3O4/c1-17-20(16-31-22-6-4-3-5-21(22)25)23(26-32-17)24(29)28-13-11-27(12-14-28)15-18-7-9-19(30-2)10-8-18/h3-10H,11-16H2,1-2H3. The number of methoxy groups -OCH3 is 1. The van der Waals surface area contributed by atoms with Crippen LogP contribution in [0, 0.1) is 12.7 Å². The van der Waals surface area contributed by atoms with Crippen LogP contribution in [0.25, 0.3) is 0 Å². The molecule has 4 rings (SSSR count). The summed E-state index contributed by atoms with van der Waals surface area (Å²) < 4.78 is 29.9. The molecule has 0 bridgehead atoms. The molecular weight excluding hydrogens is 413 g/mol. The van der Waals surface area contributed by atoms with Crippen LogP contribution in [-0.2, 0) is 13.2 Å². The first kappa shape index (κ1) is 21.8. The first-order valence-electron chi connectivity index (χ1n) is 10.5. The number of benzene rings is 2. The maximum Gasteiger partial charge on any atom is 0.276 e. The molecule has 0 atom stereocenters. The van der Waals surface area contributed by atoms with Gasteiger partial charge in [-0.3, -0.25) is 9.69 Å². The summed E-state index contributed by atoms with van der Waals surface area (Å²) in [4.78, 5) is 17.2. The van der Waals surface area contributed by atoms with Crippen LogP contribution in [0.15, 0.2) is 53.1 Å². The summed E-state index contributed by atoms with van der Waals surface area (Å²) in [5, 5.41) is 3.96. The fourth-order valence-electron chi connectivity index (χ4n) is 3.69. The van der Waals surface area contributed by atoms with Gasteiger partial charge in [0.2, 0.25) is 0 Å². The summed E-state index contributed by atoms with van der Waals surface area (Å²) >= 11 is 0. The van der Waals surface area contributed by atoms with E-state index in [1.165, 1.54) is 11.6 Å². The number of aromatic nitrogens is 1. The number of carbonyl (C=O) groups is 1. The Morgan fingerprint density at radius 3 is 2.50 bits per heavy atom. The summed E-state index contributed by atoms with van der Waals surface area (Å²) in [7, 11) is 1.65. The van der Waals surface area contributed by atoms with Crippen LogP contribution in [0.4, 0.5) is 4.39 Å². The Kier molecular flexibility index (Phi) is 6.70. The van der Waals surface area contributed by atoms with Gasteiger partial charge in [-0.05, 0) is 36.8 Å². The average Bonchev–Trinajstić information content (AvgIpc) is 3.19. The Hall–Kier alpha value is -3.39. The molecule has 1 fully saturated rings. The smallest absolute Gasteiger partial charge is 0.276 e. The third-order valence-electron chi connectivity index (χ3n) is 5.62. The van der Waals surface area contributed by atoms with Crippen molar-refractivity contribution >= 4 is 5.91 Å². The van der Waals surface area contributed by atoms with Gasteiger partial charge in [-0.1, -0.05) is 29.4 Å². The number of nitrogens with zero attached hydrogens (tertiary/aromatic N) is 3. The van der Waals surface area contributed by atoms with Gasteiger partial charge in [0.05, 0.1) is 12.7 Å².